The fraction of sp³-hybridized carbons (Fsp3) is 0.435. The number of anilines is 1. The van der Waals surface area contributed by atoms with Crippen molar-refractivity contribution in [2.45, 2.75) is 38.8 Å². The molecule has 0 radical (unpaired) electrons. The van der Waals surface area contributed by atoms with Crippen LogP contribution in [0.15, 0.2) is 48.5 Å². The van der Waals surface area contributed by atoms with Crippen LogP contribution < -0.4 is 4.90 Å². The number of nitrogens with zero attached hydrogens (tertiary/aromatic N) is 6. The van der Waals surface area contributed by atoms with Crippen LogP contribution in [0.5, 0.6) is 0 Å². The Morgan fingerprint density at radius 2 is 1.58 bits per heavy atom. The second-order valence-corrected chi connectivity index (χ2v) is 8.51. The molecule has 0 amide bonds. The van der Waals surface area contributed by atoms with Crippen LogP contribution in [0.1, 0.15) is 44.6 Å². The monoisotopic (exact) mass is 426 g/mol. The van der Waals surface area contributed by atoms with E-state index in [2.05, 4.69) is 41.2 Å². The lowest BCUT2D eigenvalue weighted by atomic mass is 9.98. The fourth-order valence-electron chi connectivity index (χ4n) is 4.07. The minimum Gasteiger partial charge on any atom is -0.367 e. The second kappa shape index (κ2) is 8.70. The van der Waals surface area contributed by atoms with E-state index in [1.54, 1.807) is 24.3 Å². The van der Waals surface area contributed by atoms with Gasteiger partial charge in [-0.25, -0.2) is 13.5 Å². The van der Waals surface area contributed by atoms with E-state index in [1.807, 2.05) is 21.7 Å². The van der Waals surface area contributed by atoms with E-state index in [9.17, 15) is 8.78 Å². The molecule has 1 aromatic heterocycles. The fourth-order valence-corrected chi connectivity index (χ4v) is 4.07. The zero-order chi connectivity index (χ0) is 22.0. The first-order valence-electron chi connectivity index (χ1n) is 10.7. The third kappa shape index (κ3) is 4.17. The van der Waals surface area contributed by atoms with Crippen LogP contribution in [0.4, 0.5) is 14.5 Å². The van der Waals surface area contributed by atoms with E-state index in [0.29, 0.717) is 43.3 Å². The first kappa shape index (κ1) is 21.4. The summed E-state index contributed by atoms with van der Waals surface area (Å²) in [6.45, 7) is 8.74. The number of para-hydroxylation sites is 1. The molecule has 2 aromatic carbocycles. The molecule has 0 aliphatic carbocycles. The van der Waals surface area contributed by atoms with Crippen molar-refractivity contribution in [1.82, 2.24) is 25.1 Å². The number of benzene rings is 2. The largest absolute Gasteiger partial charge is 0.367 e. The molecule has 0 N–H and O–H groups in total. The Hall–Kier alpha value is -2.87. The van der Waals surface area contributed by atoms with Crippen LogP contribution in [-0.4, -0.2) is 51.3 Å². The zero-order valence-corrected chi connectivity index (χ0v) is 18.2. The second-order valence-electron chi connectivity index (χ2n) is 8.51. The van der Waals surface area contributed by atoms with Crippen molar-refractivity contribution < 1.29 is 8.78 Å². The molecule has 0 saturated carbocycles. The maximum Gasteiger partial charge on any atom is 0.173 e. The number of piperazine rings is 1. The number of hydrogen-bond donors (Lipinski definition) is 0. The van der Waals surface area contributed by atoms with E-state index in [1.165, 1.54) is 12.1 Å². The minimum atomic E-state index is -0.426. The molecule has 0 spiro atoms. The maximum absolute atomic E-state index is 14.9. The molecule has 4 rings (SSSR count). The smallest absolute Gasteiger partial charge is 0.173 e. The summed E-state index contributed by atoms with van der Waals surface area (Å²) in [4.78, 5) is 4.22. The average Bonchev–Trinajstić information content (AvgIpc) is 3.27. The Balaban J connectivity index is 1.67. The molecule has 1 atom stereocenters. The van der Waals surface area contributed by atoms with Gasteiger partial charge >= 0.3 is 0 Å². The lowest BCUT2D eigenvalue weighted by molar-refractivity contribution is 0.184. The van der Waals surface area contributed by atoms with Crippen molar-refractivity contribution in [2.75, 3.05) is 31.1 Å². The van der Waals surface area contributed by atoms with Crippen LogP contribution in [0.3, 0.4) is 0 Å². The van der Waals surface area contributed by atoms with E-state index >= 15 is 0 Å². The summed E-state index contributed by atoms with van der Waals surface area (Å²) in [6, 6.07) is 13.2. The maximum atomic E-state index is 14.9. The van der Waals surface area contributed by atoms with Gasteiger partial charge in [0.2, 0.25) is 0 Å². The molecule has 164 valence electrons. The lowest BCUT2D eigenvalue weighted by Crippen LogP contribution is -2.49. The number of halogens is 2. The summed E-state index contributed by atoms with van der Waals surface area (Å²) in [6.07, 6.45) is 0.829. The van der Waals surface area contributed by atoms with Gasteiger partial charge in [0.05, 0.1) is 11.2 Å². The molecule has 1 unspecified atom stereocenters. The van der Waals surface area contributed by atoms with Gasteiger partial charge in [-0.05, 0) is 48.9 Å². The summed E-state index contributed by atoms with van der Waals surface area (Å²) in [7, 11) is 0. The van der Waals surface area contributed by atoms with E-state index in [4.69, 9.17) is 0 Å². The molecule has 1 fully saturated rings. The van der Waals surface area contributed by atoms with Crippen molar-refractivity contribution in [1.29, 1.82) is 0 Å². The molecule has 1 saturated heterocycles. The normalized spacial score (nSPS) is 16.5. The molecule has 8 heteroatoms. The molecule has 6 nitrogen and oxygen atoms in total. The van der Waals surface area contributed by atoms with Crippen LogP contribution in [0, 0.1) is 11.6 Å². The Bertz CT molecular complexity index is 1030. The quantitative estimate of drug-likeness (QED) is 0.596. The van der Waals surface area contributed by atoms with E-state index in [-0.39, 0.29) is 17.2 Å². The van der Waals surface area contributed by atoms with Gasteiger partial charge in [-0.2, -0.15) is 0 Å². The Kier molecular flexibility index (Phi) is 6.00. The Labute approximate surface area is 181 Å². The zero-order valence-electron chi connectivity index (χ0n) is 18.2. The van der Waals surface area contributed by atoms with Crippen molar-refractivity contribution >= 4 is 5.69 Å². The van der Waals surface area contributed by atoms with Crippen molar-refractivity contribution in [3.05, 3.63) is 71.6 Å². The highest BCUT2D eigenvalue weighted by Gasteiger charge is 2.35. The molecule has 1 aliphatic rings. The van der Waals surface area contributed by atoms with Gasteiger partial charge in [0.1, 0.15) is 17.7 Å². The highest BCUT2D eigenvalue weighted by atomic mass is 19.1. The molecular formula is C23H28F2N6. The minimum absolute atomic E-state index is 0.227. The van der Waals surface area contributed by atoms with Crippen molar-refractivity contribution in [3.8, 4) is 0 Å². The Morgan fingerprint density at radius 1 is 0.935 bits per heavy atom. The van der Waals surface area contributed by atoms with Gasteiger partial charge in [0.25, 0.3) is 0 Å². The molecule has 1 aliphatic heterocycles. The summed E-state index contributed by atoms with van der Waals surface area (Å²) < 4.78 is 31.0. The van der Waals surface area contributed by atoms with E-state index in [0.717, 1.165) is 6.42 Å². The number of rotatable bonds is 6. The number of aromatic nitrogens is 4. The van der Waals surface area contributed by atoms with Crippen molar-refractivity contribution in [3.63, 3.8) is 0 Å². The first-order valence-corrected chi connectivity index (χ1v) is 10.7. The number of hydrogen-bond acceptors (Lipinski definition) is 5. The van der Waals surface area contributed by atoms with Gasteiger partial charge in [0.15, 0.2) is 5.82 Å². The Morgan fingerprint density at radius 3 is 2.23 bits per heavy atom. The third-order valence-corrected chi connectivity index (χ3v) is 6.25. The van der Waals surface area contributed by atoms with Gasteiger partial charge in [-0.1, -0.05) is 37.3 Å². The summed E-state index contributed by atoms with van der Waals surface area (Å²) in [5.74, 6) is 0.111. The summed E-state index contributed by atoms with van der Waals surface area (Å²) >= 11 is 0. The SMILES string of the molecule is CCC(C)(C)n1nnnc1C(c1ccccc1F)N1CCN(c2ccccc2F)CC1. The summed E-state index contributed by atoms with van der Waals surface area (Å²) in [5.41, 5.74) is 0.837. The predicted molar refractivity (Wildman–Crippen MR) is 116 cm³/mol. The predicted octanol–water partition coefficient (Wildman–Crippen LogP) is 4.01. The number of tetrazole rings is 1. The summed E-state index contributed by atoms with van der Waals surface area (Å²) in [5, 5.41) is 12.5. The molecule has 2 heterocycles. The van der Waals surface area contributed by atoms with Gasteiger partial charge in [-0.3, -0.25) is 4.90 Å². The highest BCUT2D eigenvalue weighted by molar-refractivity contribution is 5.48. The molecular weight excluding hydrogens is 398 g/mol. The standard InChI is InChI=1S/C23H28F2N6/c1-4-23(2,3)31-22(26-27-28-31)21(17-9-5-6-10-18(17)24)30-15-13-29(14-16-30)20-12-8-7-11-19(20)25/h5-12,21H,4,13-16H2,1-3H3. The van der Waals surface area contributed by atoms with Gasteiger partial charge < -0.3 is 4.90 Å². The molecule has 31 heavy (non-hydrogen) atoms. The van der Waals surface area contributed by atoms with Crippen molar-refractivity contribution in [2.24, 2.45) is 0 Å². The van der Waals surface area contributed by atoms with Crippen LogP contribution >= 0.6 is 0 Å². The van der Waals surface area contributed by atoms with Crippen LogP contribution in [0.2, 0.25) is 0 Å². The lowest BCUT2D eigenvalue weighted by Gasteiger charge is -2.40. The van der Waals surface area contributed by atoms with Gasteiger partial charge in [-0.15, -0.1) is 5.10 Å². The first-order chi connectivity index (χ1) is 14.9. The van der Waals surface area contributed by atoms with Crippen LogP contribution in [-0.2, 0) is 5.54 Å². The topological polar surface area (TPSA) is 50.1 Å². The van der Waals surface area contributed by atoms with E-state index < -0.39 is 6.04 Å². The molecule has 3 aromatic rings. The van der Waals surface area contributed by atoms with Gasteiger partial charge in [0, 0.05) is 31.7 Å². The highest BCUT2D eigenvalue weighted by Crippen LogP contribution is 2.33. The third-order valence-electron chi connectivity index (χ3n) is 6.25. The average molecular weight is 427 g/mol. The van der Waals surface area contributed by atoms with Crippen LogP contribution in [0.25, 0.3) is 0 Å². The molecule has 0 bridgehead atoms.